The number of hydrogen-bond acceptors (Lipinski definition) is 3. The maximum Gasteiger partial charge on any atom is 0.223 e. The number of nitrogens with zero attached hydrogens (tertiary/aromatic N) is 2. The molecule has 0 atom stereocenters. The molecule has 0 spiro atoms. The quantitative estimate of drug-likeness (QED) is 0.781. The number of fused-ring (bicyclic) bond motifs is 1. The van der Waals surface area contributed by atoms with Crippen molar-refractivity contribution in [2.75, 3.05) is 12.4 Å². The standard InChI is InChI=1S/C10H10ClN3/c1-6-8-4-3-7(11)5-9(8)14-10(12-2)13-6/h3-5H,1-2H3,(H,12,13,14). The second kappa shape index (κ2) is 3.42. The van der Waals surface area contributed by atoms with Gasteiger partial charge in [0.2, 0.25) is 5.95 Å². The van der Waals surface area contributed by atoms with Crippen LogP contribution in [0, 0.1) is 6.92 Å². The third-order valence-corrected chi connectivity index (χ3v) is 2.31. The molecule has 14 heavy (non-hydrogen) atoms. The average Bonchev–Trinajstić information content (AvgIpc) is 2.16. The maximum atomic E-state index is 5.89. The summed E-state index contributed by atoms with van der Waals surface area (Å²) in [7, 11) is 1.80. The van der Waals surface area contributed by atoms with Gasteiger partial charge in [-0.3, -0.25) is 0 Å². The SMILES string of the molecule is CNc1nc(C)c2ccc(Cl)cc2n1. The Hall–Kier alpha value is -1.35. The van der Waals surface area contributed by atoms with Crippen molar-refractivity contribution < 1.29 is 0 Å². The van der Waals surface area contributed by atoms with Gasteiger partial charge in [-0.25, -0.2) is 9.97 Å². The van der Waals surface area contributed by atoms with Gasteiger partial charge in [0, 0.05) is 17.5 Å². The highest BCUT2D eigenvalue weighted by Gasteiger charge is 2.03. The smallest absolute Gasteiger partial charge is 0.223 e. The van der Waals surface area contributed by atoms with Gasteiger partial charge in [-0.05, 0) is 25.1 Å². The largest absolute Gasteiger partial charge is 0.357 e. The molecule has 0 aliphatic heterocycles. The number of halogens is 1. The van der Waals surface area contributed by atoms with Crippen LogP contribution in [0.1, 0.15) is 5.69 Å². The van der Waals surface area contributed by atoms with E-state index in [1.807, 2.05) is 25.1 Å². The Kier molecular flexibility index (Phi) is 2.25. The minimum atomic E-state index is 0.622. The molecule has 0 bridgehead atoms. The molecule has 1 N–H and O–H groups in total. The monoisotopic (exact) mass is 207 g/mol. The number of aromatic nitrogens is 2. The number of hydrogen-bond donors (Lipinski definition) is 1. The predicted molar refractivity (Wildman–Crippen MR) is 58.8 cm³/mol. The Balaban J connectivity index is 2.77. The van der Waals surface area contributed by atoms with E-state index in [1.54, 1.807) is 7.05 Å². The zero-order valence-electron chi connectivity index (χ0n) is 8.00. The highest BCUT2D eigenvalue weighted by atomic mass is 35.5. The van der Waals surface area contributed by atoms with E-state index >= 15 is 0 Å². The summed E-state index contributed by atoms with van der Waals surface area (Å²) in [6, 6.07) is 5.62. The normalized spacial score (nSPS) is 10.5. The number of anilines is 1. The molecule has 1 aromatic carbocycles. The van der Waals surface area contributed by atoms with E-state index < -0.39 is 0 Å². The first-order valence-corrected chi connectivity index (χ1v) is 4.70. The van der Waals surface area contributed by atoms with E-state index in [2.05, 4.69) is 15.3 Å². The molecule has 1 heterocycles. The van der Waals surface area contributed by atoms with Crippen molar-refractivity contribution in [2.24, 2.45) is 0 Å². The Morgan fingerprint density at radius 3 is 2.79 bits per heavy atom. The third kappa shape index (κ3) is 1.51. The van der Waals surface area contributed by atoms with Crippen LogP contribution in [-0.4, -0.2) is 17.0 Å². The highest BCUT2D eigenvalue weighted by Crippen LogP contribution is 2.20. The fourth-order valence-electron chi connectivity index (χ4n) is 1.37. The van der Waals surface area contributed by atoms with E-state index in [0.29, 0.717) is 11.0 Å². The summed E-state index contributed by atoms with van der Waals surface area (Å²) in [5.74, 6) is 0.622. The molecule has 0 unspecified atom stereocenters. The molecule has 2 rings (SSSR count). The Labute approximate surface area is 87.1 Å². The molecule has 0 saturated heterocycles. The highest BCUT2D eigenvalue weighted by molar-refractivity contribution is 6.31. The molecular formula is C10H10ClN3. The van der Waals surface area contributed by atoms with E-state index in [-0.39, 0.29) is 0 Å². The number of aryl methyl sites for hydroxylation is 1. The molecule has 3 nitrogen and oxygen atoms in total. The van der Waals surface area contributed by atoms with Gasteiger partial charge in [-0.1, -0.05) is 11.6 Å². The molecule has 0 radical (unpaired) electrons. The lowest BCUT2D eigenvalue weighted by Gasteiger charge is -2.04. The van der Waals surface area contributed by atoms with Crippen molar-refractivity contribution in [3.8, 4) is 0 Å². The Morgan fingerprint density at radius 2 is 2.07 bits per heavy atom. The van der Waals surface area contributed by atoms with E-state index in [0.717, 1.165) is 16.6 Å². The second-order valence-corrected chi connectivity index (χ2v) is 3.48. The molecule has 0 saturated carbocycles. The predicted octanol–water partition coefficient (Wildman–Crippen LogP) is 2.63. The lowest BCUT2D eigenvalue weighted by atomic mass is 10.2. The Morgan fingerprint density at radius 1 is 1.29 bits per heavy atom. The minimum absolute atomic E-state index is 0.622. The van der Waals surface area contributed by atoms with Crippen LogP contribution in [0.2, 0.25) is 5.02 Å². The fourth-order valence-corrected chi connectivity index (χ4v) is 1.54. The van der Waals surface area contributed by atoms with Crippen LogP contribution < -0.4 is 5.32 Å². The van der Waals surface area contributed by atoms with Crippen LogP contribution in [0.25, 0.3) is 10.9 Å². The van der Waals surface area contributed by atoms with E-state index in [4.69, 9.17) is 11.6 Å². The van der Waals surface area contributed by atoms with Gasteiger partial charge in [-0.15, -0.1) is 0 Å². The van der Waals surface area contributed by atoms with Gasteiger partial charge in [0.15, 0.2) is 0 Å². The zero-order valence-corrected chi connectivity index (χ0v) is 8.76. The second-order valence-electron chi connectivity index (χ2n) is 3.04. The fraction of sp³-hybridized carbons (Fsp3) is 0.200. The van der Waals surface area contributed by atoms with E-state index in [9.17, 15) is 0 Å². The minimum Gasteiger partial charge on any atom is -0.357 e. The lowest BCUT2D eigenvalue weighted by Crippen LogP contribution is -1.98. The summed E-state index contributed by atoms with van der Waals surface area (Å²) in [6.07, 6.45) is 0. The Bertz CT molecular complexity index is 482. The first-order chi connectivity index (χ1) is 6.70. The number of rotatable bonds is 1. The summed E-state index contributed by atoms with van der Waals surface area (Å²) in [5, 5.41) is 4.64. The van der Waals surface area contributed by atoms with Gasteiger partial charge in [0.05, 0.1) is 11.2 Å². The maximum absolute atomic E-state index is 5.89. The molecule has 1 aromatic heterocycles. The molecule has 4 heteroatoms. The van der Waals surface area contributed by atoms with Crippen LogP contribution in [0.15, 0.2) is 18.2 Å². The van der Waals surface area contributed by atoms with Gasteiger partial charge in [-0.2, -0.15) is 0 Å². The molecule has 0 fully saturated rings. The van der Waals surface area contributed by atoms with Crippen LogP contribution >= 0.6 is 11.6 Å². The molecule has 2 aromatic rings. The van der Waals surface area contributed by atoms with Crippen molar-refractivity contribution in [2.45, 2.75) is 6.92 Å². The summed E-state index contributed by atoms with van der Waals surface area (Å²) in [4.78, 5) is 8.59. The van der Waals surface area contributed by atoms with Crippen molar-refractivity contribution >= 4 is 28.5 Å². The van der Waals surface area contributed by atoms with Crippen LogP contribution in [0.5, 0.6) is 0 Å². The van der Waals surface area contributed by atoms with Crippen molar-refractivity contribution in [1.82, 2.24) is 9.97 Å². The molecular weight excluding hydrogens is 198 g/mol. The van der Waals surface area contributed by atoms with Gasteiger partial charge in [0.1, 0.15) is 0 Å². The van der Waals surface area contributed by atoms with Crippen molar-refractivity contribution in [3.63, 3.8) is 0 Å². The molecule has 0 aliphatic carbocycles. The summed E-state index contributed by atoms with van der Waals surface area (Å²) >= 11 is 5.89. The summed E-state index contributed by atoms with van der Waals surface area (Å²) < 4.78 is 0. The summed E-state index contributed by atoms with van der Waals surface area (Å²) in [6.45, 7) is 1.96. The zero-order chi connectivity index (χ0) is 10.1. The van der Waals surface area contributed by atoms with Crippen LogP contribution in [0.3, 0.4) is 0 Å². The van der Waals surface area contributed by atoms with Crippen LogP contribution in [0.4, 0.5) is 5.95 Å². The van der Waals surface area contributed by atoms with Crippen molar-refractivity contribution in [3.05, 3.63) is 28.9 Å². The summed E-state index contributed by atoms with van der Waals surface area (Å²) in [5.41, 5.74) is 1.82. The van der Waals surface area contributed by atoms with Crippen LogP contribution in [-0.2, 0) is 0 Å². The van der Waals surface area contributed by atoms with Crippen molar-refractivity contribution in [1.29, 1.82) is 0 Å². The molecule has 72 valence electrons. The van der Waals surface area contributed by atoms with Gasteiger partial charge < -0.3 is 5.32 Å². The first kappa shape index (κ1) is 9.21. The number of benzene rings is 1. The molecule has 0 amide bonds. The third-order valence-electron chi connectivity index (χ3n) is 2.07. The van der Waals surface area contributed by atoms with E-state index in [1.165, 1.54) is 0 Å². The lowest BCUT2D eigenvalue weighted by molar-refractivity contribution is 1.14. The average molecular weight is 208 g/mol. The topological polar surface area (TPSA) is 37.8 Å². The molecule has 0 aliphatic rings. The van der Waals surface area contributed by atoms with Gasteiger partial charge in [0.25, 0.3) is 0 Å². The first-order valence-electron chi connectivity index (χ1n) is 4.32. The van der Waals surface area contributed by atoms with Gasteiger partial charge >= 0.3 is 0 Å². The number of nitrogens with one attached hydrogen (secondary N) is 1.